The van der Waals surface area contributed by atoms with Gasteiger partial charge in [-0.05, 0) is 25.0 Å². The van der Waals surface area contributed by atoms with Gasteiger partial charge < -0.3 is 5.11 Å². The Morgan fingerprint density at radius 2 is 2.00 bits per heavy atom. The van der Waals surface area contributed by atoms with E-state index in [0.29, 0.717) is 11.1 Å². The van der Waals surface area contributed by atoms with Crippen molar-refractivity contribution < 1.29 is 13.9 Å². The summed E-state index contributed by atoms with van der Waals surface area (Å²) in [5.41, 5.74) is 0.244. The number of aliphatic hydroxyl groups is 1. The summed E-state index contributed by atoms with van der Waals surface area (Å²) in [5.74, 6) is 0. The molecule has 0 fully saturated rings. The number of hydrogen-bond donors (Lipinski definition) is 1. The predicted molar refractivity (Wildman–Crippen MR) is 51.4 cm³/mol. The Bertz CT molecular complexity index is 302. The molecule has 1 aromatic rings. The summed E-state index contributed by atoms with van der Waals surface area (Å²) in [4.78, 5) is 0. The van der Waals surface area contributed by atoms with Crippen LogP contribution < -0.4 is 0 Å². The quantitative estimate of drug-likeness (QED) is 0.795. The van der Waals surface area contributed by atoms with Crippen LogP contribution in [0.3, 0.4) is 0 Å². The van der Waals surface area contributed by atoms with Gasteiger partial charge in [0.15, 0.2) is 0 Å². The van der Waals surface area contributed by atoms with Crippen LogP contribution >= 0.6 is 0 Å². The largest absolute Gasteiger partial charge is 0.386 e. The van der Waals surface area contributed by atoms with E-state index in [9.17, 15) is 13.9 Å². The fourth-order valence-electron chi connectivity index (χ4n) is 1.26. The number of rotatable bonds is 3. The summed E-state index contributed by atoms with van der Waals surface area (Å²) in [6.45, 7) is 3.27. The van der Waals surface area contributed by atoms with Gasteiger partial charge in [0.25, 0.3) is 0 Å². The number of benzene rings is 1. The van der Waals surface area contributed by atoms with Crippen molar-refractivity contribution in [1.29, 1.82) is 0 Å². The first-order valence-corrected chi connectivity index (χ1v) is 4.49. The summed E-state index contributed by atoms with van der Waals surface area (Å²) in [7, 11) is 0. The predicted octanol–water partition coefficient (Wildman–Crippen LogP) is 2.72. The molecule has 1 nitrogen and oxygen atoms in total. The molecule has 0 aromatic heterocycles. The molecule has 1 rings (SSSR count). The Balaban J connectivity index is 2.90. The third-order valence-corrected chi connectivity index (χ3v) is 2.02. The van der Waals surface area contributed by atoms with Crippen LogP contribution in [0.1, 0.15) is 25.0 Å². The van der Waals surface area contributed by atoms with Crippen molar-refractivity contribution in [2.24, 2.45) is 0 Å². The van der Waals surface area contributed by atoms with Crippen LogP contribution in [0.2, 0.25) is 0 Å². The minimum Gasteiger partial charge on any atom is -0.386 e. The van der Waals surface area contributed by atoms with Gasteiger partial charge in [-0.3, -0.25) is 0 Å². The molecule has 0 atom stereocenters. The van der Waals surface area contributed by atoms with Gasteiger partial charge in [0.2, 0.25) is 6.43 Å². The van der Waals surface area contributed by atoms with Crippen LogP contribution in [0.25, 0.3) is 0 Å². The summed E-state index contributed by atoms with van der Waals surface area (Å²) < 4.78 is 24.2. The molecule has 78 valence electrons. The minimum atomic E-state index is -2.34. The first-order valence-electron chi connectivity index (χ1n) is 4.49. The first-order chi connectivity index (χ1) is 6.39. The molecular weight excluding hydrogens is 186 g/mol. The topological polar surface area (TPSA) is 20.2 Å². The monoisotopic (exact) mass is 200 g/mol. The molecule has 0 bridgehead atoms. The van der Waals surface area contributed by atoms with E-state index in [2.05, 4.69) is 0 Å². The van der Waals surface area contributed by atoms with Crippen molar-refractivity contribution in [2.45, 2.75) is 32.3 Å². The second-order valence-electron chi connectivity index (χ2n) is 3.85. The maximum Gasteiger partial charge on any atom is 0.242 e. The second kappa shape index (κ2) is 4.05. The van der Waals surface area contributed by atoms with Gasteiger partial charge in [0.05, 0.1) is 5.60 Å². The highest BCUT2D eigenvalue weighted by atomic mass is 19.3. The molecule has 0 amide bonds. The summed E-state index contributed by atoms with van der Waals surface area (Å²) >= 11 is 0. The molecule has 0 saturated heterocycles. The van der Waals surface area contributed by atoms with Gasteiger partial charge in [-0.1, -0.05) is 24.3 Å². The second-order valence-corrected chi connectivity index (χ2v) is 3.85. The average molecular weight is 200 g/mol. The lowest BCUT2D eigenvalue weighted by atomic mass is 9.96. The van der Waals surface area contributed by atoms with E-state index in [1.807, 2.05) is 0 Å². The lowest BCUT2D eigenvalue weighted by Gasteiger charge is -2.18. The standard InChI is InChI=1S/C11H14F2O/c1-11(2,14)9-5-3-4-8(6-9)7-10(12)13/h3-6,10,14H,7H2,1-2H3. The maximum absolute atomic E-state index is 12.1. The van der Waals surface area contributed by atoms with Crippen LogP contribution in [0.5, 0.6) is 0 Å². The van der Waals surface area contributed by atoms with Crippen molar-refractivity contribution in [1.82, 2.24) is 0 Å². The van der Waals surface area contributed by atoms with Crippen LogP contribution in [0.15, 0.2) is 24.3 Å². The Morgan fingerprint density at radius 1 is 1.36 bits per heavy atom. The zero-order valence-electron chi connectivity index (χ0n) is 8.30. The van der Waals surface area contributed by atoms with Gasteiger partial charge >= 0.3 is 0 Å². The van der Waals surface area contributed by atoms with Crippen molar-refractivity contribution in [2.75, 3.05) is 0 Å². The number of hydrogen-bond acceptors (Lipinski definition) is 1. The van der Waals surface area contributed by atoms with Crippen LogP contribution in [-0.4, -0.2) is 11.5 Å². The van der Waals surface area contributed by atoms with E-state index in [0.717, 1.165) is 0 Å². The van der Waals surface area contributed by atoms with Crippen LogP contribution in [0.4, 0.5) is 8.78 Å². The molecule has 0 aliphatic heterocycles. The molecule has 0 unspecified atom stereocenters. The zero-order valence-corrected chi connectivity index (χ0v) is 8.30. The molecule has 14 heavy (non-hydrogen) atoms. The molecule has 0 aliphatic carbocycles. The van der Waals surface area contributed by atoms with Crippen LogP contribution in [-0.2, 0) is 12.0 Å². The SMILES string of the molecule is CC(C)(O)c1cccc(CC(F)F)c1. The van der Waals surface area contributed by atoms with E-state index >= 15 is 0 Å². The summed E-state index contributed by atoms with van der Waals surface area (Å²) in [6.07, 6.45) is -2.60. The average Bonchev–Trinajstić information content (AvgIpc) is 2.01. The highest BCUT2D eigenvalue weighted by Crippen LogP contribution is 2.21. The smallest absolute Gasteiger partial charge is 0.242 e. The first kappa shape index (κ1) is 11.1. The van der Waals surface area contributed by atoms with Crippen molar-refractivity contribution in [3.8, 4) is 0 Å². The molecule has 0 aliphatic rings. The van der Waals surface area contributed by atoms with E-state index in [-0.39, 0.29) is 6.42 Å². The Kier molecular flexibility index (Phi) is 3.21. The fraction of sp³-hybridized carbons (Fsp3) is 0.455. The molecule has 1 aromatic carbocycles. The molecule has 0 radical (unpaired) electrons. The molecule has 0 saturated carbocycles. The van der Waals surface area contributed by atoms with Gasteiger partial charge in [0, 0.05) is 6.42 Å². The van der Waals surface area contributed by atoms with E-state index in [1.165, 1.54) is 0 Å². The van der Waals surface area contributed by atoms with Crippen molar-refractivity contribution in [3.05, 3.63) is 35.4 Å². The number of halogens is 2. The van der Waals surface area contributed by atoms with Gasteiger partial charge in [-0.15, -0.1) is 0 Å². The van der Waals surface area contributed by atoms with Crippen molar-refractivity contribution >= 4 is 0 Å². The molecular formula is C11H14F2O. The summed E-state index contributed by atoms with van der Waals surface area (Å²) in [5, 5.41) is 9.66. The fourth-order valence-corrected chi connectivity index (χ4v) is 1.26. The molecule has 0 heterocycles. The lowest BCUT2D eigenvalue weighted by molar-refractivity contribution is 0.0783. The lowest BCUT2D eigenvalue weighted by Crippen LogP contribution is -2.15. The minimum absolute atomic E-state index is 0.260. The normalized spacial score (nSPS) is 12.1. The van der Waals surface area contributed by atoms with Crippen LogP contribution in [0, 0.1) is 0 Å². The Hall–Kier alpha value is -0.960. The Labute approximate surface area is 82.4 Å². The number of alkyl halides is 2. The van der Waals surface area contributed by atoms with Crippen molar-refractivity contribution in [3.63, 3.8) is 0 Å². The highest BCUT2D eigenvalue weighted by Gasteiger charge is 2.16. The van der Waals surface area contributed by atoms with E-state index < -0.39 is 12.0 Å². The Morgan fingerprint density at radius 3 is 2.50 bits per heavy atom. The van der Waals surface area contributed by atoms with E-state index in [1.54, 1.807) is 38.1 Å². The zero-order chi connectivity index (χ0) is 10.8. The van der Waals surface area contributed by atoms with Gasteiger partial charge in [-0.25, -0.2) is 8.78 Å². The van der Waals surface area contributed by atoms with Gasteiger partial charge in [-0.2, -0.15) is 0 Å². The molecule has 1 N–H and O–H groups in total. The maximum atomic E-state index is 12.1. The summed E-state index contributed by atoms with van der Waals surface area (Å²) in [6, 6.07) is 6.67. The van der Waals surface area contributed by atoms with Gasteiger partial charge in [0.1, 0.15) is 0 Å². The third-order valence-electron chi connectivity index (χ3n) is 2.02. The van der Waals surface area contributed by atoms with E-state index in [4.69, 9.17) is 0 Å². The third kappa shape index (κ3) is 3.07. The molecule has 0 spiro atoms. The highest BCUT2D eigenvalue weighted by molar-refractivity contribution is 5.27. The molecule has 3 heteroatoms.